The van der Waals surface area contributed by atoms with Gasteiger partial charge in [0.25, 0.3) is 0 Å². The van der Waals surface area contributed by atoms with Crippen LogP contribution in [0.1, 0.15) is 39.5 Å². The number of ketones is 1. The molecule has 2 unspecified atom stereocenters. The third-order valence-corrected chi connectivity index (χ3v) is 1.87. The van der Waals surface area contributed by atoms with E-state index in [2.05, 4.69) is 0 Å². The predicted molar refractivity (Wildman–Crippen MR) is 46.8 cm³/mol. The summed E-state index contributed by atoms with van der Waals surface area (Å²) in [4.78, 5) is 11.1. The summed E-state index contributed by atoms with van der Waals surface area (Å²) in [6, 6.07) is 0. The third kappa shape index (κ3) is 5.27. The molecule has 0 heterocycles. The van der Waals surface area contributed by atoms with Crippen LogP contribution in [0.2, 0.25) is 0 Å². The molecule has 0 saturated heterocycles. The molecule has 72 valence electrons. The van der Waals surface area contributed by atoms with Crippen molar-refractivity contribution in [1.82, 2.24) is 0 Å². The Balaban J connectivity index is 3.59. The Hall–Kier alpha value is -0.410. The van der Waals surface area contributed by atoms with Gasteiger partial charge < -0.3 is 10.2 Å². The van der Waals surface area contributed by atoms with E-state index in [4.69, 9.17) is 10.2 Å². The molecule has 0 aliphatic rings. The van der Waals surface area contributed by atoms with Crippen LogP contribution < -0.4 is 0 Å². The van der Waals surface area contributed by atoms with Gasteiger partial charge in [0.15, 0.2) is 0 Å². The number of aliphatic hydroxyl groups excluding tert-OH is 2. The SMILES string of the molecule is CCC(O)CC(=O)CC(O)CC. The van der Waals surface area contributed by atoms with Gasteiger partial charge in [0.2, 0.25) is 0 Å². The Kier molecular flexibility index (Phi) is 5.93. The summed E-state index contributed by atoms with van der Waals surface area (Å²) in [6.07, 6.45) is 0.450. The molecule has 0 spiro atoms. The van der Waals surface area contributed by atoms with Gasteiger partial charge in [0.1, 0.15) is 5.78 Å². The zero-order valence-electron chi connectivity index (χ0n) is 7.79. The highest BCUT2D eigenvalue weighted by molar-refractivity contribution is 5.79. The average Bonchev–Trinajstić information content (AvgIpc) is 2.03. The summed E-state index contributed by atoms with van der Waals surface area (Å²) in [7, 11) is 0. The fourth-order valence-electron chi connectivity index (χ4n) is 0.898. The van der Waals surface area contributed by atoms with Gasteiger partial charge in [-0.2, -0.15) is 0 Å². The molecule has 3 heteroatoms. The van der Waals surface area contributed by atoms with Crippen molar-refractivity contribution in [2.45, 2.75) is 51.7 Å². The molecule has 0 aromatic heterocycles. The van der Waals surface area contributed by atoms with Crippen molar-refractivity contribution < 1.29 is 15.0 Å². The smallest absolute Gasteiger partial charge is 0.138 e. The van der Waals surface area contributed by atoms with E-state index in [1.807, 2.05) is 13.8 Å². The molecule has 0 radical (unpaired) electrons. The van der Waals surface area contributed by atoms with E-state index in [-0.39, 0.29) is 18.6 Å². The van der Waals surface area contributed by atoms with Gasteiger partial charge in [-0.25, -0.2) is 0 Å². The third-order valence-electron chi connectivity index (χ3n) is 1.87. The minimum Gasteiger partial charge on any atom is -0.393 e. The molecule has 0 aromatic carbocycles. The van der Waals surface area contributed by atoms with Crippen molar-refractivity contribution in [3.8, 4) is 0 Å². The number of hydrogen-bond donors (Lipinski definition) is 2. The minimum atomic E-state index is -0.540. The second-order valence-electron chi connectivity index (χ2n) is 3.07. The van der Waals surface area contributed by atoms with Crippen molar-refractivity contribution in [2.75, 3.05) is 0 Å². The fourth-order valence-corrected chi connectivity index (χ4v) is 0.898. The molecular weight excluding hydrogens is 156 g/mol. The summed E-state index contributed by atoms with van der Waals surface area (Å²) in [5, 5.41) is 18.2. The maximum atomic E-state index is 11.1. The van der Waals surface area contributed by atoms with Gasteiger partial charge in [-0.3, -0.25) is 4.79 Å². The fraction of sp³-hybridized carbons (Fsp3) is 0.889. The van der Waals surface area contributed by atoms with E-state index in [0.717, 1.165) is 0 Å². The van der Waals surface area contributed by atoms with Crippen LogP contribution in [0.4, 0.5) is 0 Å². The van der Waals surface area contributed by atoms with Crippen molar-refractivity contribution >= 4 is 5.78 Å². The van der Waals surface area contributed by atoms with E-state index in [9.17, 15) is 4.79 Å². The lowest BCUT2D eigenvalue weighted by molar-refractivity contribution is -0.122. The van der Waals surface area contributed by atoms with Crippen molar-refractivity contribution in [2.24, 2.45) is 0 Å². The van der Waals surface area contributed by atoms with Gasteiger partial charge in [0.05, 0.1) is 12.2 Å². The topological polar surface area (TPSA) is 57.5 Å². The first-order valence-corrected chi connectivity index (χ1v) is 4.47. The highest BCUT2D eigenvalue weighted by Crippen LogP contribution is 2.04. The van der Waals surface area contributed by atoms with Gasteiger partial charge in [-0.15, -0.1) is 0 Å². The Morgan fingerprint density at radius 3 is 1.67 bits per heavy atom. The zero-order valence-corrected chi connectivity index (χ0v) is 7.79. The van der Waals surface area contributed by atoms with E-state index in [1.54, 1.807) is 0 Å². The molecular formula is C9H18O3. The van der Waals surface area contributed by atoms with Gasteiger partial charge in [-0.05, 0) is 12.8 Å². The summed E-state index contributed by atoms with van der Waals surface area (Å²) in [5.41, 5.74) is 0. The Morgan fingerprint density at radius 2 is 1.42 bits per heavy atom. The number of rotatable bonds is 6. The van der Waals surface area contributed by atoms with E-state index in [1.165, 1.54) is 0 Å². The first kappa shape index (κ1) is 11.6. The number of carbonyl (C=O) groups is 1. The monoisotopic (exact) mass is 174 g/mol. The summed E-state index contributed by atoms with van der Waals surface area (Å²) < 4.78 is 0. The summed E-state index contributed by atoms with van der Waals surface area (Å²) >= 11 is 0. The van der Waals surface area contributed by atoms with Crippen molar-refractivity contribution in [3.63, 3.8) is 0 Å². The molecule has 0 saturated carbocycles. The minimum absolute atomic E-state index is 0.0568. The van der Waals surface area contributed by atoms with E-state index < -0.39 is 12.2 Å². The van der Waals surface area contributed by atoms with Crippen LogP contribution in [0.25, 0.3) is 0 Å². The lowest BCUT2D eigenvalue weighted by Gasteiger charge is -2.09. The molecule has 0 rings (SSSR count). The standard InChI is InChI=1S/C9H18O3/c1-3-7(10)5-9(12)6-8(11)4-2/h7-8,10-11H,3-6H2,1-2H3. The molecule has 0 aromatic rings. The van der Waals surface area contributed by atoms with Crippen LogP contribution in [0, 0.1) is 0 Å². The second kappa shape index (κ2) is 6.14. The van der Waals surface area contributed by atoms with E-state index >= 15 is 0 Å². The lowest BCUT2D eigenvalue weighted by Crippen LogP contribution is -2.17. The van der Waals surface area contributed by atoms with Crippen LogP contribution in [0.5, 0.6) is 0 Å². The predicted octanol–water partition coefficient (Wildman–Crippen LogP) is 0.877. The Labute approximate surface area is 73.4 Å². The molecule has 0 amide bonds. The van der Waals surface area contributed by atoms with Crippen molar-refractivity contribution in [1.29, 1.82) is 0 Å². The number of hydrogen-bond acceptors (Lipinski definition) is 3. The van der Waals surface area contributed by atoms with Crippen LogP contribution in [0.3, 0.4) is 0 Å². The average molecular weight is 174 g/mol. The highest BCUT2D eigenvalue weighted by atomic mass is 16.3. The van der Waals surface area contributed by atoms with Gasteiger partial charge in [-0.1, -0.05) is 13.8 Å². The van der Waals surface area contributed by atoms with Gasteiger partial charge >= 0.3 is 0 Å². The summed E-state index contributed by atoms with van der Waals surface area (Å²) in [6.45, 7) is 3.66. The maximum absolute atomic E-state index is 11.1. The van der Waals surface area contributed by atoms with Gasteiger partial charge in [0, 0.05) is 12.8 Å². The van der Waals surface area contributed by atoms with Crippen LogP contribution >= 0.6 is 0 Å². The quantitative estimate of drug-likeness (QED) is 0.628. The zero-order chi connectivity index (χ0) is 9.56. The molecule has 2 atom stereocenters. The molecule has 2 N–H and O–H groups in total. The summed E-state index contributed by atoms with van der Waals surface area (Å²) in [5.74, 6) is -0.0568. The number of Topliss-reactive ketones (excluding diaryl/α,β-unsaturated/α-hetero) is 1. The van der Waals surface area contributed by atoms with Crippen LogP contribution in [0.15, 0.2) is 0 Å². The maximum Gasteiger partial charge on any atom is 0.138 e. The molecule has 12 heavy (non-hydrogen) atoms. The Bertz CT molecular complexity index is 120. The van der Waals surface area contributed by atoms with Crippen LogP contribution in [-0.2, 0) is 4.79 Å². The molecule has 0 aliphatic heterocycles. The number of aliphatic hydroxyl groups is 2. The molecule has 0 aliphatic carbocycles. The molecule has 3 nitrogen and oxygen atoms in total. The normalized spacial score (nSPS) is 15.7. The number of carbonyl (C=O) groups excluding carboxylic acids is 1. The second-order valence-corrected chi connectivity index (χ2v) is 3.07. The van der Waals surface area contributed by atoms with Crippen LogP contribution in [-0.4, -0.2) is 28.2 Å². The largest absolute Gasteiger partial charge is 0.393 e. The van der Waals surface area contributed by atoms with E-state index in [0.29, 0.717) is 12.8 Å². The Morgan fingerprint density at radius 1 is 1.08 bits per heavy atom. The molecule has 0 bridgehead atoms. The first-order chi connectivity index (χ1) is 5.60. The highest BCUT2D eigenvalue weighted by Gasteiger charge is 2.12. The molecule has 0 fully saturated rings. The lowest BCUT2D eigenvalue weighted by atomic mass is 10.0. The van der Waals surface area contributed by atoms with Crippen molar-refractivity contribution in [3.05, 3.63) is 0 Å². The first-order valence-electron chi connectivity index (χ1n) is 4.47.